The minimum atomic E-state index is -0.959. The molecule has 0 aliphatic carbocycles. The molecule has 2 rings (SSSR count). The average Bonchev–Trinajstić information content (AvgIpc) is 2.88. The van der Waals surface area contributed by atoms with Crippen LogP contribution in [0.3, 0.4) is 0 Å². The van der Waals surface area contributed by atoms with Gasteiger partial charge in [-0.1, -0.05) is 11.6 Å². The van der Waals surface area contributed by atoms with Crippen molar-refractivity contribution in [1.29, 1.82) is 0 Å². The molecule has 10 heteroatoms. The molecule has 0 radical (unpaired) electrons. The van der Waals surface area contributed by atoms with Crippen LogP contribution in [0.2, 0.25) is 0 Å². The van der Waals surface area contributed by atoms with E-state index in [2.05, 4.69) is 0 Å². The van der Waals surface area contributed by atoms with Gasteiger partial charge in [-0.05, 0) is 50.0 Å². The maximum Gasteiger partial charge on any atom is 0.334 e. The van der Waals surface area contributed by atoms with E-state index in [9.17, 15) is 24.3 Å². The lowest BCUT2D eigenvalue weighted by molar-refractivity contribution is -0.126. The van der Waals surface area contributed by atoms with Gasteiger partial charge >= 0.3 is 6.03 Å². The lowest BCUT2D eigenvalue weighted by atomic mass is 10.0. The summed E-state index contributed by atoms with van der Waals surface area (Å²) in [6.45, 7) is 6.19. The van der Waals surface area contributed by atoms with Crippen molar-refractivity contribution in [1.82, 2.24) is 9.80 Å². The molecule has 1 aromatic rings. The molecule has 0 aromatic heterocycles. The summed E-state index contributed by atoms with van der Waals surface area (Å²) in [5, 5.41) is 9.13. The van der Waals surface area contributed by atoms with Crippen LogP contribution in [0, 0.1) is 6.92 Å². The Morgan fingerprint density at radius 2 is 1.83 bits per heavy atom. The van der Waals surface area contributed by atoms with Crippen molar-refractivity contribution in [3.05, 3.63) is 29.3 Å². The number of hydrogen-bond donors (Lipinski definition) is 1. The molecule has 1 fully saturated rings. The molecule has 8 nitrogen and oxygen atoms in total. The van der Waals surface area contributed by atoms with Crippen molar-refractivity contribution in [2.45, 2.75) is 45.5 Å². The fraction of sp³-hybridized carbons (Fsp3) is 0.421. The SMILES string of the molecule is CCOC(=S)S[C@@H]1[C@@H](CC(=O)c2cc(C)ccc2O)N(C(C)=O)C(=O)N1C(C)=O. The number of benzene rings is 1. The molecular weight excluding hydrogens is 416 g/mol. The van der Waals surface area contributed by atoms with Crippen LogP contribution >= 0.6 is 24.0 Å². The molecule has 1 heterocycles. The number of phenols is 1. The highest BCUT2D eigenvalue weighted by molar-refractivity contribution is 8.23. The number of imide groups is 2. The van der Waals surface area contributed by atoms with Crippen molar-refractivity contribution < 1.29 is 29.0 Å². The number of thiocarbonyl (C=S) groups is 1. The van der Waals surface area contributed by atoms with Gasteiger partial charge in [0.2, 0.25) is 16.2 Å². The number of amides is 4. The Hall–Kier alpha value is -2.46. The van der Waals surface area contributed by atoms with Crippen LogP contribution in [0.4, 0.5) is 4.79 Å². The number of Topliss-reactive ketones (excluding diaryl/α,β-unsaturated/α-hetero) is 1. The highest BCUT2D eigenvalue weighted by Gasteiger charge is 2.51. The fourth-order valence-corrected chi connectivity index (χ4v) is 4.61. The topological polar surface area (TPSA) is 104 Å². The summed E-state index contributed by atoms with van der Waals surface area (Å²) in [6.07, 6.45) is -0.279. The third kappa shape index (κ3) is 4.94. The Morgan fingerprint density at radius 3 is 2.38 bits per heavy atom. The van der Waals surface area contributed by atoms with E-state index in [-0.39, 0.29) is 22.1 Å². The van der Waals surface area contributed by atoms with Gasteiger partial charge in [-0.15, -0.1) is 0 Å². The minimum absolute atomic E-state index is 0.0818. The predicted octanol–water partition coefficient (Wildman–Crippen LogP) is 2.85. The van der Waals surface area contributed by atoms with Crippen molar-refractivity contribution in [2.75, 3.05) is 6.61 Å². The van der Waals surface area contributed by atoms with E-state index >= 15 is 0 Å². The highest BCUT2D eigenvalue weighted by atomic mass is 32.2. The number of ether oxygens (including phenoxy) is 1. The van der Waals surface area contributed by atoms with Crippen LogP contribution < -0.4 is 0 Å². The number of carbonyl (C=O) groups excluding carboxylic acids is 4. The zero-order valence-electron chi connectivity index (χ0n) is 16.5. The average molecular weight is 439 g/mol. The number of phenolic OH excluding ortho intramolecular Hbond substituents is 1. The van der Waals surface area contributed by atoms with E-state index < -0.39 is 35.0 Å². The molecule has 0 saturated carbocycles. The number of aromatic hydroxyl groups is 1. The van der Waals surface area contributed by atoms with E-state index in [4.69, 9.17) is 17.0 Å². The number of urea groups is 1. The summed E-state index contributed by atoms with van der Waals surface area (Å²) in [6, 6.07) is 2.82. The van der Waals surface area contributed by atoms with Gasteiger partial charge in [-0.2, -0.15) is 0 Å². The smallest absolute Gasteiger partial charge is 0.334 e. The molecule has 0 spiro atoms. The number of carbonyl (C=O) groups is 4. The van der Waals surface area contributed by atoms with Gasteiger partial charge in [0.1, 0.15) is 11.1 Å². The number of ketones is 1. The van der Waals surface area contributed by atoms with Crippen LogP contribution in [0.1, 0.15) is 43.1 Å². The van der Waals surface area contributed by atoms with Crippen LogP contribution in [-0.2, 0) is 14.3 Å². The van der Waals surface area contributed by atoms with Gasteiger partial charge in [0.15, 0.2) is 5.78 Å². The second-order valence-corrected chi connectivity index (χ2v) is 8.19. The Kier molecular flexibility index (Phi) is 7.37. The maximum absolute atomic E-state index is 12.9. The first-order valence-corrected chi connectivity index (χ1v) is 10.2. The summed E-state index contributed by atoms with van der Waals surface area (Å²) >= 11 is 6.06. The van der Waals surface area contributed by atoms with Crippen molar-refractivity contribution in [3.63, 3.8) is 0 Å². The van der Waals surface area contributed by atoms with Gasteiger partial charge < -0.3 is 9.84 Å². The molecular formula is C19H22N2O6S2. The summed E-state index contributed by atoms with van der Waals surface area (Å²) in [5.41, 5.74) is 0.851. The molecule has 1 aliphatic heterocycles. The monoisotopic (exact) mass is 438 g/mol. The van der Waals surface area contributed by atoms with Crippen LogP contribution in [0.25, 0.3) is 0 Å². The van der Waals surface area contributed by atoms with E-state index in [1.54, 1.807) is 19.9 Å². The Labute approximate surface area is 178 Å². The van der Waals surface area contributed by atoms with Crippen molar-refractivity contribution >= 4 is 52.0 Å². The quantitative estimate of drug-likeness (QED) is 0.553. The molecule has 1 aromatic carbocycles. The third-order valence-corrected chi connectivity index (χ3v) is 5.82. The first-order valence-electron chi connectivity index (χ1n) is 8.88. The highest BCUT2D eigenvalue weighted by Crippen LogP contribution is 2.35. The second kappa shape index (κ2) is 9.36. The normalized spacial score (nSPS) is 18.7. The fourth-order valence-electron chi connectivity index (χ4n) is 3.10. The van der Waals surface area contributed by atoms with E-state index in [1.807, 2.05) is 0 Å². The molecule has 4 amide bonds. The Balaban J connectivity index is 2.43. The van der Waals surface area contributed by atoms with E-state index in [0.717, 1.165) is 27.1 Å². The minimum Gasteiger partial charge on any atom is -0.507 e. The first-order chi connectivity index (χ1) is 13.6. The van der Waals surface area contributed by atoms with E-state index in [1.165, 1.54) is 26.0 Å². The van der Waals surface area contributed by atoms with Crippen LogP contribution in [0.15, 0.2) is 18.2 Å². The van der Waals surface area contributed by atoms with Gasteiger partial charge in [0.05, 0.1) is 18.2 Å². The molecule has 0 unspecified atom stereocenters. The zero-order valence-corrected chi connectivity index (χ0v) is 18.1. The van der Waals surface area contributed by atoms with E-state index in [0.29, 0.717) is 6.61 Å². The standard InChI is InChI=1S/C19H22N2O6S2/c1-5-27-19(28)29-17-14(20(11(3)22)18(26)21(17)12(4)23)9-16(25)13-8-10(2)6-7-15(13)24/h6-8,14,17,24H,5,9H2,1-4H3/t14-,17-/m1/s1. The molecule has 0 bridgehead atoms. The lowest BCUT2D eigenvalue weighted by Crippen LogP contribution is -2.40. The summed E-state index contributed by atoms with van der Waals surface area (Å²) < 4.78 is 5.35. The van der Waals surface area contributed by atoms with Crippen molar-refractivity contribution in [3.8, 4) is 5.75 Å². The number of rotatable bonds is 5. The number of hydrogen-bond acceptors (Lipinski definition) is 8. The first kappa shape index (κ1) is 22.8. The summed E-state index contributed by atoms with van der Waals surface area (Å²) in [5.74, 6) is -1.84. The number of thioether (sulfide) groups is 1. The number of aryl methyl sites for hydroxylation is 1. The molecule has 2 atom stereocenters. The molecule has 1 saturated heterocycles. The predicted molar refractivity (Wildman–Crippen MR) is 112 cm³/mol. The molecule has 29 heavy (non-hydrogen) atoms. The largest absolute Gasteiger partial charge is 0.507 e. The van der Waals surface area contributed by atoms with Crippen LogP contribution in [-0.4, -0.2) is 60.9 Å². The Morgan fingerprint density at radius 1 is 1.21 bits per heavy atom. The maximum atomic E-state index is 12.9. The van der Waals surface area contributed by atoms with Gasteiger partial charge in [0.25, 0.3) is 0 Å². The van der Waals surface area contributed by atoms with Gasteiger partial charge in [-0.3, -0.25) is 19.3 Å². The molecule has 1 N–H and O–H groups in total. The zero-order chi connectivity index (χ0) is 21.9. The summed E-state index contributed by atoms with van der Waals surface area (Å²) in [4.78, 5) is 51.7. The van der Waals surface area contributed by atoms with Gasteiger partial charge in [-0.25, -0.2) is 9.69 Å². The molecule has 1 aliphatic rings. The van der Waals surface area contributed by atoms with Crippen molar-refractivity contribution in [2.24, 2.45) is 0 Å². The number of nitrogens with zero attached hydrogens (tertiary/aromatic N) is 2. The lowest BCUT2D eigenvalue weighted by Gasteiger charge is -2.25. The summed E-state index contributed by atoms with van der Waals surface area (Å²) in [7, 11) is 0. The molecule has 156 valence electrons. The van der Waals surface area contributed by atoms with Crippen LogP contribution in [0.5, 0.6) is 5.75 Å². The van der Waals surface area contributed by atoms with Gasteiger partial charge in [0, 0.05) is 20.3 Å². The third-order valence-electron chi connectivity index (χ3n) is 4.33. The Bertz CT molecular complexity index is 872. The second-order valence-electron chi connectivity index (χ2n) is 6.47.